The number of carbonyl (C=O) groups excluding carboxylic acids is 1. The number of amides is 1. The first-order chi connectivity index (χ1) is 16.9. The summed E-state index contributed by atoms with van der Waals surface area (Å²) in [5, 5.41) is 19.0. The van der Waals surface area contributed by atoms with Crippen LogP contribution >= 0.6 is 23.2 Å². The molecule has 0 radical (unpaired) electrons. The lowest BCUT2D eigenvalue weighted by Gasteiger charge is -2.34. The molecule has 1 atom stereocenters. The maximum atomic E-state index is 13.5. The molecule has 35 heavy (non-hydrogen) atoms. The Morgan fingerprint density at radius 3 is 2.97 bits per heavy atom. The lowest BCUT2D eigenvalue weighted by Crippen LogP contribution is -2.51. The Bertz CT molecular complexity index is 1430. The number of hydrogen-bond donors (Lipinski definition) is 3. The molecule has 1 aliphatic carbocycles. The SMILES string of the molecule is C[C@@]1(C(=O)Nc2cc(Cl)cnc2Cl)CCCN1c1nc(Nc2cc(C3CC3)[nH]n2)c2cccn2n1. The predicted octanol–water partition coefficient (Wildman–Crippen LogP) is 4.77. The van der Waals surface area contributed by atoms with E-state index < -0.39 is 5.54 Å². The molecule has 10 nitrogen and oxygen atoms in total. The number of pyridine rings is 1. The van der Waals surface area contributed by atoms with Crippen LogP contribution in [0, 0.1) is 0 Å². The van der Waals surface area contributed by atoms with Crippen LogP contribution < -0.4 is 15.5 Å². The van der Waals surface area contributed by atoms with Gasteiger partial charge in [-0.2, -0.15) is 10.1 Å². The van der Waals surface area contributed by atoms with Crippen LogP contribution in [0.15, 0.2) is 36.7 Å². The topological polar surface area (TPSA) is 116 Å². The van der Waals surface area contributed by atoms with Gasteiger partial charge in [0.25, 0.3) is 0 Å². The second-order valence-electron chi connectivity index (χ2n) is 9.18. The zero-order valence-corrected chi connectivity index (χ0v) is 20.4. The maximum Gasteiger partial charge on any atom is 0.250 e. The van der Waals surface area contributed by atoms with Gasteiger partial charge in [-0.15, -0.1) is 5.10 Å². The van der Waals surface area contributed by atoms with Crippen LogP contribution in [-0.2, 0) is 4.79 Å². The fourth-order valence-electron chi connectivity index (χ4n) is 4.54. The van der Waals surface area contributed by atoms with Gasteiger partial charge in [0.2, 0.25) is 11.9 Å². The molecule has 1 amide bonds. The molecule has 2 fully saturated rings. The monoisotopic (exact) mass is 511 g/mol. The standard InChI is InChI=1S/C23H23Cl2N9O/c1-23(21(35)27-16-10-14(24)12-26-19(16)25)7-3-8-33(23)22-29-20(17-4-2-9-34(17)32-22)28-18-11-15(30-31-18)13-5-6-13/h2,4,9-13H,3,5-8H2,1H3,(H,27,35)(H2,28,29,30,31,32)/t23-/m0/s1. The molecule has 0 aromatic carbocycles. The lowest BCUT2D eigenvalue weighted by atomic mass is 9.97. The highest BCUT2D eigenvalue weighted by Gasteiger charge is 2.45. The van der Waals surface area contributed by atoms with Crippen molar-refractivity contribution in [2.45, 2.75) is 44.1 Å². The van der Waals surface area contributed by atoms with Gasteiger partial charge in [0.15, 0.2) is 16.8 Å². The Morgan fingerprint density at radius 1 is 1.29 bits per heavy atom. The van der Waals surface area contributed by atoms with Crippen molar-refractivity contribution >= 4 is 57.9 Å². The second kappa shape index (κ2) is 8.39. The third-order valence-corrected chi connectivity index (χ3v) is 7.17. The van der Waals surface area contributed by atoms with E-state index in [2.05, 4.69) is 25.8 Å². The van der Waals surface area contributed by atoms with Crippen LogP contribution in [-0.4, -0.2) is 47.8 Å². The summed E-state index contributed by atoms with van der Waals surface area (Å²) < 4.78 is 1.76. The van der Waals surface area contributed by atoms with Gasteiger partial charge in [-0.25, -0.2) is 9.50 Å². The summed E-state index contributed by atoms with van der Waals surface area (Å²) in [6, 6.07) is 7.45. The number of carbonyl (C=O) groups is 1. The van der Waals surface area contributed by atoms with E-state index in [1.165, 1.54) is 19.0 Å². The molecule has 6 rings (SSSR count). The molecule has 2 aliphatic rings. The molecule has 3 N–H and O–H groups in total. The number of fused-ring (bicyclic) bond motifs is 1. The zero-order chi connectivity index (χ0) is 24.2. The third-order valence-electron chi connectivity index (χ3n) is 6.67. The van der Waals surface area contributed by atoms with Gasteiger partial charge >= 0.3 is 0 Å². The maximum absolute atomic E-state index is 13.5. The normalized spacial score (nSPS) is 19.9. The molecule has 0 unspecified atom stereocenters. The average Bonchev–Trinajstić information content (AvgIpc) is 3.20. The molecule has 1 saturated heterocycles. The van der Waals surface area contributed by atoms with Crippen molar-refractivity contribution in [2.24, 2.45) is 0 Å². The Hall–Kier alpha value is -3.37. The second-order valence-corrected chi connectivity index (χ2v) is 9.98. The summed E-state index contributed by atoms with van der Waals surface area (Å²) in [6.45, 7) is 2.51. The van der Waals surface area contributed by atoms with Crippen LogP contribution in [0.5, 0.6) is 0 Å². The molecule has 1 saturated carbocycles. The van der Waals surface area contributed by atoms with Gasteiger partial charge in [0.1, 0.15) is 11.1 Å². The largest absolute Gasteiger partial charge is 0.325 e. The van der Waals surface area contributed by atoms with Gasteiger partial charge in [-0.3, -0.25) is 9.89 Å². The van der Waals surface area contributed by atoms with E-state index in [0.717, 1.165) is 17.6 Å². The number of nitrogens with one attached hydrogen (secondary N) is 3. The number of hydrogen-bond acceptors (Lipinski definition) is 7. The van der Waals surface area contributed by atoms with Crippen LogP contribution in [0.4, 0.5) is 23.3 Å². The van der Waals surface area contributed by atoms with E-state index in [9.17, 15) is 4.79 Å². The van der Waals surface area contributed by atoms with Crippen LogP contribution in [0.3, 0.4) is 0 Å². The summed E-state index contributed by atoms with van der Waals surface area (Å²) in [6.07, 6.45) is 7.11. The number of aromatic amines is 1. The van der Waals surface area contributed by atoms with E-state index >= 15 is 0 Å². The molecule has 0 bridgehead atoms. The zero-order valence-electron chi connectivity index (χ0n) is 18.9. The van der Waals surface area contributed by atoms with Crippen LogP contribution in [0.2, 0.25) is 10.2 Å². The number of rotatable bonds is 6. The number of anilines is 4. The number of halogens is 2. The molecule has 180 valence electrons. The minimum Gasteiger partial charge on any atom is -0.325 e. The van der Waals surface area contributed by atoms with Gasteiger partial charge in [0, 0.05) is 36.6 Å². The highest BCUT2D eigenvalue weighted by atomic mass is 35.5. The van der Waals surface area contributed by atoms with Crippen molar-refractivity contribution in [1.82, 2.24) is 29.8 Å². The minimum absolute atomic E-state index is 0.178. The molecule has 0 spiro atoms. The van der Waals surface area contributed by atoms with Gasteiger partial charge in [-0.1, -0.05) is 23.2 Å². The fourth-order valence-corrected chi connectivity index (χ4v) is 4.85. The van der Waals surface area contributed by atoms with E-state index in [4.69, 9.17) is 33.3 Å². The van der Waals surface area contributed by atoms with Gasteiger partial charge in [0.05, 0.1) is 10.7 Å². The van der Waals surface area contributed by atoms with Crippen molar-refractivity contribution in [2.75, 3.05) is 22.1 Å². The number of aromatic nitrogens is 6. The molecule has 12 heteroatoms. The third kappa shape index (κ3) is 4.06. The van der Waals surface area contributed by atoms with Crippen molar-refractivity contribution < 1.29 is 4.79 Å². The summed E-state index contributed by atoms with van der Waals surface area (Å²) in [5.41, 5.74) is 1.42. The van der Waals surface area contributed by atoms with Crippen molar-refractivity contribution in [3.63, 3.8) is 0 Å². The number of nitrogens with zero attached hydrogens (tertiary/aromatic N) is 6. The first-order valence-electron chi connectivity index (χ1n) is 11.5. The average molecular weight is 512 g/mol. The summed E-state index contributed by atoms with van der Waals surface area (Å²) in [5.74, 6) is 2.10. The first-order valence-corrected chi connectivity index (χ1v) is 12.2. The van der Waals surface area contributed by atoms with Crippen LogP contribution in [0.1, 0.15) is 44.2 Å². The minimum atomic E-state index is -0.894. The van der Waals surface area contributed by atoms with E-state index in [1.54, 1.807) is 10.6 Å². The smallest absolute Gasteiger partial charge is 0.250 e. The Balaban J connectivity index is 1.32. The molecule has 1 aliphatic heterocycles. The Morgan fingerprint density at radius 2 is 2.14 bits per heavy atom. The molecular formula is C23H23Cl2N9O. The van der Waals surface area contributed by atoms with Crippen molar-refractivity contribution in [1.29, 1.82) is 0 Å². The van der Waals surface area contributed by atoms with E-state index in [-0.39, 0.29) is 11.1 Å². The predicted molar refractivity (Wildman–Crippen MR) is 135 cm³/mol. The lowest BCUT2D eigenvalue weighted by molar-refractivity contribution is -0.120. The molecular weight excluding hydrogens is 489 g/mol. The Kier molecular flexibility index (Phi) is 5.30. The quantitative estimate of drug-likeness (QED) is 0.319. The van der Waals surface area contributed by atoms with E-state index in [0.29, 0.717) is 47.2 Å². The molecule has 4 aromatic rings. The summed E-state index contributed by atoms with van der Waals surface area (Å²) >= 11 is 12.2. The molecule has 5 heterocycles. The summed E-state index contributed by atoms with van der Waals surface area (Å²) in [7, 11) is 0. The Labute approximate surface area is 211 Å². The fraction of sp³-hybridized carbons (Fsp3) is 0.348. The first kappa shape index (κ1) is 22.1. The van der Waals surface area contributed by atoms with Gasteiger partial charge in [-0.05, 0) is 50.8 Å². The highest BCUT2D eigenvalue weighted by molar-refractivity contribution is 6.34. The van der Waals surface area contributed by atoms with E-state index in [1.807, 2.05) is 36.2 Å². The summed E-state index contributed by atoms with van der Waals surface area (Å²) in [4.78, 5) is 24.2. The van der Waals surface area contributed by atoms with Crippen LogP contribution in [0.25, 0.3) is 5.52 Å². The van der Waals surface area contributed by atoms with Crippen molar-refractivity contribution in [3.05, 3.63) is 52.5 Å². The van der Waals surface area contributed by atoms with Gasteiger partial charge < -0.3 is 15.5 Å². The highest BCUT2D eigenvalue weighted by Crippen LogP contribution is 2.40. The van der Waals surface area contributed by atoms with Crippen molar-refractivity contribution in [3.8, 4) is 0 Å². The number of H-pyrrole nitrogens is 1. The molecule has 4 aromatic heterocycles.